The maximum absolute atomic E-state index is 6.07. The van der Waals surface area contributed by atoms with Crippen molar-refractivity contribution < 1.29 is 0 Å². The third kappa shape index (κ3) is 3.11. The van der Waals surface area contributed by atoms with E-state index in [1.54, 1.807) is 5.56 Å². The molecule has 2 nitrogen and oxygen atoms in total. The molecule has 0 aromatic heterocycles. The highest BCUT2D eigenvalue weighted by Crippen LogP contribution is 2.47. The lowest BCUT2D eigenvalue weighted by Gasteiger charge is -2.32. The zero-order valence-corrected chi connectivity index (χ0v) is 14.4. The second kappa shape index (κ2) is 6.52. The molecule has 0 saturated heterocycles. The van der Waals surface area contributed by atoms with Gasteiger partial charge in [-0.15, -0.1) is 0 Å². The first kappa shape index (κ1) is 15.7. The Labute approximate surface area is 136 Å². The summed E-state index contributed by atoms with van der Waals surface area (Å²) >= 11 is 0. The molecular weight excluding hydrogens is 268 g/mol. The summed E-state index contributed by atoms with van der Waals surface area (Å²) in [5, 5.41) is 0. The van der Waals surface area contributed by atoms with Crippen molar-refractivity contribution in [3.05, 3.63) is 23.8 Å². The number of unbranched alkanes of at least 4 members (excludes halogenated alkanes) is 1. The molecule has 1 fully saturated rings. The number of nitrogens with two attached hydrogens (primary N) is 1. The van der Waals surface area contributed by atoms with E-state index in [9.17, 15) is 0 Å². The molecule has 1 atom stereocenters. The summed E-state index contributed by atoms with van der Waals surface area (Å²) in [7, 11) is 0. The number of rotatable bonds is 5. The van der Waals surface area contributed by atoms with Crippen molar-refractivity contribution in [1.82, 2.24) is 0 Å². The zero-order valence-electron chi connectivity index (χ0n) is 14.4. The normalized spacial score (nSPS) is 25.5. The molecule has 1 aromatic rings. The van der Waals surface area contributed by atoms with Crippen molar-refractivity contribution in [2.75, 3.05) is 23.7 Å². The number of fused-ring (bicyclic) bond motifs is 1. The van der Waals surface area contributed by atoms with Crippen molar-refractivity contribution in [2.45, 2.75) is 70.6 Å². The number of hydrogen-bond donors (Lipinski definition) is 1. The number of hydrogen-bond acceptors (Lipinski definition) is 2. The fourth-order valence-corrected chi connectivity index (χ4v) is 4.66. The fourth-order valence-electron chi connectivity index (χ4n) is 4.66. The first-order chi connectivity index (χ1) is 10.6. The monoisotopic (exact) mass is 300 g/mol. The van der Waals surface area contributed by atoms with Crippen molar-refractivity contribution in [3.63, 3.8) is 0 Å². The quantitative estimate of drug-likeness (QED) is 0.765. The number of anilines is 2. The van der Waals surface area contributed by atoms with Gasteiger partial charge in [0.15, 0.2) is 0 Å². The van der Waals surface area contributed by atoms with E-state index < -0.39 is 0 Å². The van der Waals surface area contributed by atoms with Gasteiger partial charge in [0.25, 0.3) is 0 Å². The van der Waals surface area contributed by atoms with Gasteiger partial charge in [0, 0.05) is 29.9 Å². The van der Waals surface area contributed by atoms with Gasteiger partial charge in [0.1, 0.15) is 0 Å². The Kier molecular flexibility index (Phi) is 4.65. The van der Waals surface area contributed by atoms with Crippen LogP contribution in [0.2, 0.25) is 0 Å². The first-order valence-corrected chi connectivity index (χ1v) is 9.27. The Morgan fingerprint density at radius 2 is 2.00 bits per heavy atom. The lowest BCUT2D eigenvalue weighted by molar-refractivity contribution is 0.276. The molecule has 0 radical (unpaired) electrons. The van der Waals surface area contributed by atoms with Crippen molar-refractivity contribution in [3.8, 4) is 0 Å². The second-order valence-electron chi connectivity index (χ2n) is 7.82. The van der Waals surface area contributed by atoms with E-state index >= 15 is 0 Å². The molecule has 1 aliphatic heterocycles. The molecule has 2 heteroatoms. The smallest absolute Gasteiger partial charge is 0.0426 e. The molecule has 1 unspecified atom stereocenters. The molecule has 1 heterocycles. The molecule has 0 spiro atoms. The molecule has 22 heavy (non-hydrogen) atoms. The lowest BCUT2D eigenvalue weighted by Crippen LogP contribution is -2.33. The largest absolute Gasteiger partial charge is 0.399 e. The summed E-state index contributed by atoms with van der Waals surface area (Å²) < 4.78 is 0. The number of nitrogen functional groups attached to an aromatic ring is 1. The van der Waals surface area contributed by atoms with Gasteiger partial charge >= 0.3 is 0 Å². The average Bonchev–Trinajstić information content (AvgIpc) is 2.78. The topological polar surface area (TPSA) is 29.3 Å². The second-order valence-corrected chi connectivity index (χ2v) is 7.82. The third-order valence-corrected chi connectivity index (χ3v) is 5.80. The van der Waals surface area contributed by atoms with E-state index in [2.05, 4.69) is 36.9 Å². The third-order valence-electron chi connectivity index (χ3n) is 5.80. The van der Waals surface area contributed by atoms with Crippen LogP contribution in [0.1, 0.15) is 70.8 Å². The SMILES string of the molecule is CCCCN1CC(C)(CC2CCCCC2)c2ccc(N)cc21. The van der Waals surface area contributed by atoms with Crippen LogP contribution in [0.25, 0.3) is 0 Å². The highest BCUT2D eigenvalue weighted by atomic mass is 15.2. The summed E-state index contributed by atoms with van der Waals surface area (Å²) in [6.07, 6.45) is 11.1. The maximum Gasteiger partial charge on any atom is 0.0426 e. The standard InChI is InChI=1S/C20H32N2/c1-3-4-12-22-15-20(2,14-16-8-6-5-7-9-16)18-11-10-17(21)13-19(18)22/h10-11,13,16H,3-9,12,14-15,21H2,1-2H3. The van der Waals surface area contributed by atoms with E-state index in [1.807, 2.05) is 0 Å². The van der Waals surface area contributed by atoms with Gasteiger partial charge in [-0.3, -0.25) is 0 Å². The van der Waals surface area contributed by atoms with Crippen LogP contribution in [0.15, 0.2) is 18.2 Å². The minimum absolute atomic E-state index is 0.318. The summed E-state index contributed by atoms with van der Waals surface area (Å²) in [4.78, 5) is 2.60. The molecule has 2 N–H and O–H groups in total. The minimum Gasteiger partial charge on any atom is -0.399 e. The molecule has 1 saturated carbocycles. The Morgan fingerprint density at radius 3 is 2.73 bits per heavy atom. The number of benzene rings is 1. The van der Waals surface area contributed by atoms with Crippen LogP contribution in [0.4, 0.5) is 11.4 Å². The van der Waals surface area contributed by atoms with E-state index in [4.69, 9.17) is 5.73 Å². The Balaban J connectivity index is 1.82. The van der Waals surface area contributed by atoms with Crippen molar-refractivity contribution in [2.24, 2.45) is 5.92 Å². The maximum atomic E-state index is 6.07. The van der Waals surface area contributed by atoms with E-state index in [-0.39, 0.29) is 0 Å². The van der Waals surface area contributed by atoms with Crippen LogP contribution < -0.4 is 10.6 Å². The molecule has 3 rings (SSSR count). The lowest BCUT2D eigenvalue weighted by atomic mass is 9.73. The summed E-state index contributed by atoms with van der Waals surface area (Å²) in [5.41, 5.74) is 10.2. The van der Waals surface area contributed by atoms with Crippen LogP contribution in [0, 0.1) is 5.92 Å². The fraction of sp³-hybridized carbons (Fsp3) is 0.700. The highest BCUT2D eigenvalue weighted by molar-refractivity contribution is 5.67. The highest BCUT2D eigenvalue weighted by Gasteiger charge is 2.40. The molecule has 1 aliphatic carbocycles. The minimum atomic E-state index is 0.318. The van der Waals surface area contributed by atoms with Crippen LogP contribution in [0.3, 0.4) is 0 Å². The van der Waals surface area contributed by atoms with Crippen LogP contribution in [-0.2, 0) is 5.41 Å². The van der Waals surface area contributed by atoms with Gasteiger partial charge in [-0.1, -0.05) is 58.4 Å². The van der Waals surface area contributed by atoms with Crippen LogP contribution in [-0.4, -0.2) is 13.1 Å². The summed E-state index contributed by atoms with van der Waals surface area (Å²) in [6.45, 7) is 7.12. The molecule has 0 bridgehead atoms. The van der Waals surface area contributed by atoms with Gasteiger partial charge < -0.3 is 10.6 Å². The van der Waals surface area contributed by atoms with Gasteiger partial charge in [-0.2, -0.15) is 0 Å². The van der Waals surface area contributed by atoms with Gasteiger partial charge in [0.2, 0.25) is 0 Å². The van der Waals surface area contributed by atoms with Gasteiger partial charge in [0.05, 0.1) is 0 Å². The zero-order chi connectivity index (χ0) is 15.6. The predicted molar refractivity (Wildman–Crippen MR) is 96.5 cm³/mol. The molecular formula is C20H32N2. The molecule has 122 valence electrons. The summed E-state index contributed by atoms with van der Waals surface area (Å²) in [6, 6.07) is 6.61. The average molecular weight is 300 g/mol. The van der Waals surface area contributed by atoms with E-state index in [0.717, 1.165) is 11.6 Å². The Morgan fingerprint density at radius 1 is 1.23 bits per heavy atom. The predicted octanol–water partition coefficient (Wildman–Crippen LogP) is 5.12. The Hall–Kier alpha value is -1.18. The van der Waals surface area contributed by atoms with Crippen molar-refractivity contribution in [1.29, 1.82) is 0 Å². The molecule has 1 aromatic carbocycles. The van der Waals surface area contributed by atoms with Crippen molar-refractivity contribution >= 4 is 11.4 Å². The molecule has 2 aliphatic rings. The number of nitrogens with zero attached hydrogens (tertiary/aromatic N) is 1. The van der Waals surface area contributed by atoms with Crippen LogP contribution >= 0.6 is 0 Å². The molecule has 0 amide bonds. The van der Waals surface area contributed by atoms with E-state index in [0.29, 0.717) is 5.41 Å². The van der Waals surface area contributed by atoms with E-state index in [1.165, 1.54) is 70.1 Å². The van der Waals surface area contributed by atoms with Gasteiger partial charge in [-0.25, -0.2) is 0 Å². The Bertz CT molecular complexity index is 504. The van der Waals surface area contributed by atoms with Gasteiger partial charge in [-0.05, 0) is 36.5 Å². The van der Waals surface area contributed by atoms with Crippen LogP contribution in [0.5, 0.6) is 0 Å². The summed E-state index contributed by atoms with van der Waals surface area (Å²) in [5.74, 6) is 0.926. The first-order valence-electron chi connectivity index (χ1n) is 9.27.